The highest BCUT2D eigenvalue weighted by Gasteiger charge is 2.35. The molecule has 1 aliphatic rings. The predicted molar refractivity (Wildman–Crippen MR) is 133 cm³/mol. The fourth-order valence-electron chi connectivity index (χ4n) is 3.63. The number of nitrogens with one attached hydrogen (secondary N) is 1. The van der Waals surface area contributed by atoms with Crippen molar-refractivity contribution in [1.82, 2.24) is 9.88 Å². The summed E-state index contributed by atoms with van der Waals surface area (Å²) < 4.78 is 15.5. The SMILES string of the molecule is Cc1cc(/C=C2\C(=O)NC(=S)N(c3ccc(F)c(Cl)c3)C2=O)c(C)n1-c1cc(Cl)ccc1Cl. The lowest BCUT2D eigenvalue weighted by Gasteiger charge is -2.29. The molecule has 1 aliphatic heterocycles. The molecule has 1 fully saturated rings. The van der Waals surface area contributed by atoms with Gasteiger partial charge in [-0.05, 0) is 80.2 Å². The van der Waals surface area contributed by atoms with Gasteiger partial charge in [0.2, 0.25) is 0 Å². The molecule has 4 rings (SSSR count). The summed E-state index contributed by atoms with van der Waals surface area (Å²) >= 11 is 23.6. The Labute approximate surface area is 209 Å². The van der Waals surface area contributed by atoms with Crippen LogP contribution in [0.25, 0.3) is 11.8 Å². The number of benzene rings is 2. The molecule has 0 atom stereocenters. The number of aromatic nitrogens is 1. The van der Waals surface area contributed by atoms with E-state index >= 15 is 0 Å². The summed E-state index contributed by atoms with van der Waals surface area (Å²) in [5.41, 5.74) is 2.97. The van der Waals surface area contributed by atoms with Crippen molar-refractivity contribution < 1.29 is 14.0 Å². The van der Waals surface area contributed by atoms with Crippen LogP contribution in [-0.2, 0) is 9.59 Å². The van der Waals surface area contributed by atoms with Crippen LogP contribution in [0.3, 0.4) is 0 Å². The Morgan fingerprint density at radius 3 is 2.42 bits per heavy atom. The van der Waals surface area contributed by atoms with E-state index in [0.29, 0.717) is 21.3 Å². The minimum Gasteiger partial charge on any atom is -0.316 e. The van der Waals surface area contributed by atoms with E-state index in [1.54, 1.807) is 18.2 Å². The molecule has 0 bridgehead atoms. The summed E-state index contributed by atoms with van der Waals surface area (Å²) in [7, 11) is 0. The average molecular weight is 523 g/mol. The summed E-state index contributed by atoms with van der Waals surface area (Å²) in [5.74, 6) is -1.93. The average Bonchev–Trinajstić information content (AvgIpc) is 3.02. The van der Waals surface area contributed by atoms with Gasteiger partial charge in [0, 0.05) is 16.4 Å². The van der Waals surface area contributed by atoms with Gasteiger partial charge in [-0.15, -0.1) is 0 Å². The van der Waals surface area contributed by atoms with E-state index in [4.69, 9.17) is 47.0 Å². The first kappa shape index (κ1) is 23.4. The Morgan fingerprint density at radius 1 is 1.00 bits per heavy atom. The fraction of sp³-hybridized carbons (Fsp3) is 0.0870. The molecule has 0 aliphatic carbocycles. The molecular formula is C23H15Cl3FN3O2S. The quantitative estimate of drug-likeness (QED) is 0.260. The van der Waals surface area contributed by atoms with Crippen molar-refractivity contribution in [2.75, 3.05) is 4.90 Å². The van der Waals surface area contributed by atoms with Crippen molar-refractivity contribution in [2.45, 2.75) is 13.8 Å². The number of hydrogen-bond donors (Lipinski definition) is 1. The van der Waals surface area contributed by atoms with E-state index in [2.05, 4.69) is 5.32 Å². The van der Waals surface area contributed by atoms with Crippen LogP contribution < -0.4 is 10.2 Å². The van der Waals surface area contributed by atoms with E-state index < -0.39 is 17.6 Å². The van der Waals surface area contributed by atoms with Crippen LogP contribution in [0.15, 0.2) is 48.0 Å². The number of aryl methyl sites for hydroxylation is 1. The lowest BCUT2D eigenvalue weighted by Crippen LogP contribution is -2.54. The largest absolute Gasteiger partial charge is 0.316 e. The van der Waals surface area contributed by atoms with Gasteiger partial charge < -0.3 is 4.57 Å². The van der Waals surface area contributed by atoms with Gasteiger partial charge in [0.25, 0.3) is 11.8 Å². The molecule has 1 aromatic heterocycles. The summed E-state index contributed by atoms with van der Waals surface area (Å²) in [6, 6.07) is 10.7. The number of thiocarbonyl (C=S) groups is 1. The zero-order chi connectivity index (χ0) is 24.0. The highest BCUT2D eigenvalue weighted by atomic mass is 35.5. The third-order valence-electron chi connectivity index (χ3n) is 5.18. The second-order valence-corrected chi connectivity index (χ2v) is 8.95. The number of carbonyl (C=O) groups is 2. The van der Waals surface area contributed by atoms with Crippen molar-refractivity contribution in [3.8, 4) is 5.69 Å². The van der Waals surface area contributed by atoms with Crippen LogP contribution in [0.1, 0.15) is 17.0 Å². The second-order valence-electron chi connectivity index (χ2n) is 7.31. The molecule has 2 aromatic carbocycles. The van der Waals surface area contributed by atoms with Crippen LogP contribution in [-0.4, -0.2) is 21.5 Å². The lowest BCUT2D eigenvalue weighted by atomic mass is 10.1. The number of amides is 2. The number of halogens is 4. The van der Waals surface area contributed by atoms with Gasteiger partial charge in [0.1, 0.15) is 11.4 Å². The maximum Gasteiger partial charge on any atom is 0.270 e. The van der Waals surface area contributed by atoms with Gasteiger partial charge in [-0.25, -0.2) is 4.39 Å². The Bertz CT molecular complexity index is 1380. The number of carbonyl (C=O) groups excluding carboxylic acids is 2. The molecule has 5 nitrogen and oxygen atoms in total. The zero-order valence-electron chi connectivity index (χ0n) is 17.2. The van der Waals surface area contributed by atoms with Crippen molar-refractivity contribution in [3.63, 3.8) is 0 Å². The molecule has 168 valence electrons. The van der Waals surface area contributed by atoms with Crippen LogP contribution in [0.5, 0.6) is 0 Å². The van der Waals surface area contributed by atoms with Gasteiger partial charge >= 0.3 is 0 Å². The first-order valence-corrected chi connectivity index (χ1v) is 11.1. The number of nitrogens with zero attached hydrogens (tertiary/aromatic N) is 2. The molecule has 1 N–H and O–H groups in total. The van der Waals surface area contributed by atoms with E-state index in [9.17, 15) is 14.0 Å². The lowest BCUT2D eigenvalue weighted by molar-refractivity contribution is -0.122. The van der Waals surface area contributed by atoms with Gasteiger partial charge in [-0.3, -0.25) is 19.8 Å². The first-order valence-electron chi connectivity index (χ1n) is 9.59. The van der Waals surface area contributed by atoms with Gasteiger partial charge in [-0.2, -0.15) is 0 Å². The van der Waals surface area contributed by atoms with Crippen molar-refractivity contribution >= 4 is 75.7 Å². The molecule has 33 heavy (non-hydrogen) atoms. The van der Waals surface area contributed by atoms with Gasteiger partial charge in [0.05, 0.1) is 21.4 Å². The van der Waals surface area contributed by atoms with E-state index in [-0.39, 0.29) is 21.4 Å². The minimum absolute atomic E-state index is 0.124. The first-order chi connectivity index (χ1) is 15.6. The van der Waals surface area contributed by atoms with Gasteiger partial charge in [-0.1, -0.05) is 34.8 Å². The van der Waals surface area contributed by atoms with Crippen LogP contribution in [0, 0.1) is 19.7 Å². The number of rotatable bonds is 3. The Balaban J connectivity index is 1.79. The molecule has 0 radical (unpaired) electrons. The van der Waals surface area contributed by atoms with Crippen molar-refractivity contribution in [1.29, 1.82) is 0 Å². The maximum atomic E-state index is 13.6. The zero-order valence-corrected chi connectivity index (χ0v) is 20.3. The molecule has 0 saturated carbocycles. The molecule has 2 amide bonds. The standard InChI is InChI=1S/C23H15Cl3FN3O2S/c1-11-7-13(12(2)29(11)20-9-14(24)3-5-17(20)25)8-16-21(31)28-23(33)30(22(16)32)15-4-6-19(27)18(26)10-15/h3-10H,1-2H3,(H,28,31,33)/b16-8+. The summed E-state index contributed by atoms with van der Waals surface area (Å²) in [6.07, 6.45) is 1.48. The van der Waals surface area contributed by atoms with Gasteiger partial charge in [0.15, 0.2) is 5.11 Å². The smallest absolute Gasteiger partial charge is 0.270 e. The molecule has 0 unspecified atom stereocenters. The number of hydrogen-bond acceptors (Lipinski definition) is 3. The molecule has 1 saturated heterocycles. The molecule has 10 heteroatoms. The monoisotopic (exact) mass is 521 g/mol. The third-order valence-corrected chi connectivity index (χ3v) is 6.31. The predicted octanol–water partition coefficient (Wildman–Crippen LogP) is 6.02. The minimum atomic E-state index is -0.656. The normalized spacial score (nSPS) is 15.4. The summed E-state index contributed by atoms with van der Waals surface area (Å²) in [6.45, 7) is 3.71. The van der Waals surface area contributed by atoms with Crippen LogP contribution in [0.2, 0.25) is 15.1 Å². The molecular weight excluding hydrogens is 508 g/mol. The summed E-state index contributed by atoms with van der Waals surface area (Å²) in [4.78, 5) is 27.0. The number of anilines is 1. The highest BCUT2D eigenvalue weighted by molar-refractivity contribution is 7.80. The molecule has 0 spiro atoms. The van der Waals surface area contributed by atoms with Crippen LogP contribution in [0.4, 0.5) is 10.1 Å². The van der Waals surface area contributed by atoms with E-state index in [0.717, 1.165) is 22.4 Å². The van der Waals surface area contributed by atoms with E-state index in [1.807, 2.05) is 24.5 Å². The Morgan fingerprint density at radius 2 is 1.73 bits per heavy atom. The molecule has 3 aromatic rings. The second kappa shape index (κ2) is 8.91. The third kappa shape index (κ3) is 4.29. The summed E-state index contributed by atoms with van der Waals surface area (Å²) in [5, 5.41) is 3.22. The highest BCUT2D eigenvalue weighted by Crippen LogP contribution is 2.31. The van der Waals surface area contributed by atoms with Crippen molar-refractivity contribution in [3.05, 3.63) is 85.9 Å². The van der Waals surface area contributed by atoms with E-state index in [1.165, 1.54) is 18.2 Å². The fourth-order valence-corrected chi connectivity index (χ4v) is 4.46. The topological polar surface area (TPSA) is 54.3 Å². The Kier molecular flexibility index (Phi) is 6.33. The molecule has 2 heterocycles. The maximum absolute atomic E-state index is 13.6. The van der Waals surface area contributed by atoms with Crippen molar-refractivity contribution in [2.24, 2.45) is 0 Å². The Hall–Kier alpha value is -2.71. The van der Waals surface area contributed by atoms with Crippen LogP contribution >= 0.6 is 47.0 Å².